The average Bonchev–Trinajstić information content (AvgIpc) is 3.33. The molecule has 224 valence electrons. The molecule has 42 heavy (non-hydrogen) atoms. The van der Waals surface area contributed by atoms with Crippen LogP contribution in [0.1, 0.15) is 61.4 Å². The number of alkyl halides is 1. The first-order chi connectivity index (χ1) is 20.3. The minimum atomic E-state index is -0.851. The highest BCUT2D eigenvalue weighted by Crippen LogP contribution is 2.43. The number of hydrogen-bond donors (Lipinski definition) is 0. The number of nitriles is 1. The monoisotopic (exact) mass is 574 g/mol. The zero-order valence-corrected chi connectivity index (χ0v) is 25.2. The molecule has 0 radical (unpaired) electrons. The number of benzene rings is 1. The fraction of sp³-hybridized carbons (Fsp3) is 0.576. The van der Waals surface area contributed by atoms with E-state index in [1.165, 1.54) is 17.2 Å². The molecule has 3 heterocycles. The van der Waals surface area contributed by atoms with Gasteiger partial charge in [0.25, 0.3) is 0 Å². The molecular formula is C33H43FN6O2. The van der Waals surface area contributed by atoms with Gasteiger partial charge in [0.15, 0.2) is 0 Å². The van der Waals surface area contributed by atoms with Crippen LogP contribution < -0.4 is 9.64 Å². The van der Waals surface area contributed by atoms with Crippen molar-refractivity contribution in [2.24, 2.45) is 0 Å². The fourth-order valence-electron chi connectivity index (χ4n) is 7.19. The van der Waals surface area contributed by atoms with E-state index in [2.05, 4.69) is 55.7 Å². The summed E-state index contributed by atoms with van der Waals surface area (Å²) >= 11 is 0. The van der Waals surface area contributed by atoms with Crippen molar-refractivity contribution in [2.75, 3.05) is 44.7 Å². The van der Waals surface area contributed by atoms with Crippen molar-refractivity contribution in [3.05, 3.63) is 59.3 Å². The number of aryl methyl sites for hydroxylation is 1. The standard InChI is InChI=1S/C33H43FN6O2/c1-5-30(41)40-17-16-39(21-26(40)13-15-35)31-23(3)29(36-32(37-31)42-22-27-18-25(34)20-38(27)4)19-33(6-2)14-9-11-24-10-7-8-12-28(24)33/h5,7-8,10,12,25-27H,1,6,9,11,13-14,16-22H2,2-4H3/t25-,26+,27+,33?/m1/s1. The number of hydrogen-bond acceptors (Lipinski definition) is 7. The van der Waals surface area contributed by atoms with Crippen molar-refractivity contribution in [3.63, 3.8) is 0 Å². The number of anilines is 1. The summed E-state index contributed by atoms with van der Waals surface area (Å²) < 4.78 is 20.3. The lowest BCUT2D eigenvalue weighted by Crippen LogP contribution is -2.55. The number of aromatic nitrogens is 2. The molecule has 2 aliphatic heterocycles. The molecule has 2 aromatic rings. The van der Waals surface area contributed by atoms with Crippen molar-refractivity contribution in [2.45, 2.75) is 82.5 Å². The topological polar surface area (TPSA) is 85.6 Å². The molecular weight excluding hydrogens is 531 g/mol. The lowest BCUT2D eigenvalue weighted by Gasteiger charge is -2.42. The second kappa shape index (κ2) is 12.8. The second-order valence-electron chi connectivity index (χ2n) is 12.2. The van der Waals surface area contributed by atoms with Crippen molar-refractivity contribution in [1.82, 2.24) is 19.8 Å². The lowest BCUT2D eigenvalue weighted by molar-refractivity contribution is -0.128. The van der Waals surface area contributed by atoms with E-state index in [-0.39, 0.29) is 29.8 Å². The maximum absolute atomic E-state index is 14.1. The fourth-order valence-corrected chi connectivity index (χ4v) is 7.19. The average molecular weight is 575 g/mol. The van der Waals surface area contributed by atoms with Crippen LogP contribution in [-0.4, -0.2) is 83.8 Å². The summed E-state index contributed by atoms with van der Waals surface area (Å²) in [4.78, 5) is 28.3. The summed E-state index contributed by atoms with van der Waals surface area (Å²) in [5.41, 5.74) is 4.75. The maximum Gasteiger partial charge on any atom is 0.318 e. The smallest absolute Gasteiger partial charge is 0.318 e. The van der Waals surface area contributed by atoms with Crippen molar-refractivity contribution in [1.29, 1.82) is 5.26 Å². The third-order valence-corrected chi connectivity index (χ3v) is 9.68. The van der Waals surface area contributed by atoms with Gasteiger partial charge in [-0.2, -0.15) is 15.2 Å². The van der Waals surface area contributed by atoms with Gasteiger partial charge in [-0.05, 0) is 69.7 Å². The zero-order chi connectivity index (χ0) is 29.9. The molecule has 1 aromatic heterocycles. The van der Waals surface area contributed by atoms with Crippen LogP contribution >= 0.6 is 0 Å². The molecule has 1 aliphatic carbocycles. The molecule has 8 nitrogen and oxygen atoms in total. The number of carbonyl (C=O) groups is 1. The Morgan fingerprint density at radius 3 is 2.79 bits per heavy atom. The van der Waals surface area contributed by atoms with E-state index in [1.807, 2.05) is 11.9 Å². The maximum atomic E-state index is 14.1. The number of amides is 1. The first kappa shape index (κ1) is 30.0. The van der Waals surface area contributed by atoms with E-state index >= 15 is 0 Å². The van der Waals surface area contributed by atoms with Crippen LogP contribution in [0, 0.1) is 18.3 Å². The van der Waals surface area contributed by atoms with E-state index in [1.54, 1.807) is 4.90 Å². The molecule has 3 aliphatic rings. The van der Waals surface area contributed by atoms with E-state index in [0.717, 1.165) is 49.2 Å². The number of rotatable bonds is 9. The van der Waals surface area contributed by atoms with Crippen LogP contribution in [0.3, 0.4) is 0 Å². The Labute approximate surface area is 249 Å². The quantitative estimate of drug-likeness (QED) is 0.406. The highest BCUT2D eigenvalue weighted by atomic mass is 19.1. The van der Waals surface area contributed by atoms with Crippen molar-refractivity contribution in [3.8, 4) is 12.1 Å². The van der Waals surface area contributed by atoms with Crippen molar-refractivity contribution >= 4 is 11.7 Å². The third kappa shape index (κ3) is 6.00. The molecule has 4 atom stereocenters. The molecule has 1 unspecified atom stereocenters. The van der Waals surface area contributed by atoms with Gasteiger partial charge in [0, 0.05) is 43.2 Å². The summed E-state index contributed by atoms with van der Waals surface area (Å²) in [6.07, 6.45) is 6.22. The van der Waals surface area contributed by atoms with Crippen LogP contribution in [0.4, 0.5) is 10.2 Å². The molecule has 2 saturated heterocycles. The Morgan fingerprint density at radius 2 is 2.07 bits per heavy atom. The Morgan fingerprint density at radius 1 is 1.26 bits per heavy atom. The highest BCUT2D eigenvalue weighted by Gasteiger charge is 2.38. The minimum Gasteiger partial charge on any atom is -0.462 e. The van der Waals surface area contributed by atoms with Crippen LogP contribution in [0.2, 0.25) is 0 Å². The van der Waals surface area contributed by atoms with E-state index in [9.17, 15) is 14.4 Å². The number of fused-ring (bicyclic) bond motifs is 1. The van der Waals surface area contributed by atoms with Gasteiger partial charge in [0.2, 0.25) is 5.91 Å². The predicted octanol–water partition coefficient (Wildman–Crippen LogP) is 4.55. The normalized spacial score (nSPS) is 26.0. The van der Waals surface area contributed by atoms with Gasteiger partial charge in [-0.1, -0.05) is 37.8 Å². The summed E-state index contributed by atoms with van der Waals surface area (Å²) in [6, 6.07) is 11.0. The third-order valence-electron chi connectivity index (χ3n) is 9.68. The lowest BCUT2D eigenvalue weighted by atomic mass is 9.65. The molecule has 1 aromatic carbocycles. The molecule has 0 bridgehead atoms. The van der Waals surface area contributed by atoms with Crippen LogP contribution in [0.25, 0.3) is 0 Å². The van der Waals surface area contributed by atoms with Crippen LogP contribution in [-0.2, 0) is 23.1 Å². The Balaban J connectivity index is 1.50. The van der Waals surface area contributed by atoms with E-state index in [4.69, 9.17) is 14.7 Å². The largest absolute Gasteiger partial charge is 0.462 e. The van der Waals surface area contributed by atoms with Crippen LogP contribution in [0.15, 0.2) is 36.9 Å². The number of carbonyl (C=O) groups excluding carboxylic acids is 1. The number of likely N-dealkylation sites (tertiary alicyclic amines) is 1. The molecule has 1 amide bonds. The van der Waals surface area contributed by atoms with Gasteiger partial charge >= 0.3 is 6.01 Å². The first-order valence-corrected chi connectivity index (χ1v) is 15.3. The van der Waals surface area contributed by atoms with E-state index < -0.39 is 6.17 Å². The molecule has 0 N–H and O–H groups in total. The number of likely N-dealkylation sites (N-methyl/N-ethyl adjacent to an activating group) is 1. The zero-order valence-electron chi connectivity index (χ0n) is 25.2. The Kier molecular flexibility index (Phi) is 9.12. The highest BCUT2D eigenvalue weighted by molar-refractivity contribution is 5.87. The SMILES string of the molecule is C=CC(=O)N1CCN(c2nc(OC[C@@H]3C[C@@H](F)CN3C)nc(CC3(CC)CCCc4ccccc43)c2C)C[C@@H]1CC#N. The predicted molar refractivity (Wildman–Crippen MR) is 161 cm³/mol. The van der Waals surface area contributed by atoms with Gasteiger partial charge in [0.1, 0.15) is 18.6 Å². The molecule has 9 heteroatoms. The van der Waals surface area contributed by atoms with Crippen LogP contribution in [0.5, 0.6) is 6.01 Å². The summed E-state index contributed by atoms with van der Waals surface area (Å²) in [5.74, 6) is 0.619. The first-order valence-electron chi connectivity index (χ1n) is 15.3. The second-order valence-corrected chi connectivity index (χ2v) is 12.2. The number of halogens is 1. The number of piperazine rings is 1. The van der Waals surface area contributed by atoms with Gasteiger partial charge in [-0.15, -0.1) is 0 Å². The van der Waals surface area contributed by atoms with Crippen molar-refractivity contribution < 1.29 is 13.9 Å². The minimum absolute atomic E-state index is 0.0301. The van der Waals surface area contributed by atoms with Gasteiger partial charge in [-0.3, -0.25) is 9.69 Å². The molecule has 0 spiro atoms. The molecule has 5 rings (SSSR count). The van der Waals surface area contributed by atoms with E-state index in [0.29, 0.717) is 45.2 Å². The number of nitrogens with zero attached hydrogens (tertiary/aromatic N) is 6. The summed E-state index contributed by atoms with van der Waals surface area (Å²) in [5, 5.41) is 9.51. The Bertz CT molecular complexity index is 1340. The van der Waals surface area contributed by atoms with Gasteiger partial charge in [0.05, 0.1) is 24.2 Å². The summed E-state index contributed by atoms with van der Waals surface area (Å²) in [6.45, 7) is 10.3. The van der Waals surface area contributed by atoms with Gasteiger partial charge < -0.3 is 14.5 Å². The van der Waals surface area contributed by atoms with Gasteiger partial charge in [-0.25, -0.2) is 4.39 Å². The molecule has 0 saturated carbocycles. The Hall–Kier alpha value is -3.51. The number of ether oxygens (including phenoxy) is 1. The molecule has 2 fully saturated rings. The summed E-state index contributed by atoms with van der Waals surface area (Å²) in [7, 11) is 1.92.